The van der Waals surface area contributed by atoms with E-state index in [1.165, 1.54) is 0 Å². The van der Waals surface area contributed by atoms with Gasteiger partial charge in [0.1, 0.15) is 11.5 Å². The Morgan fingerprint density at radius 2 is 1.72 bits per heavy atom. The van der Waals surface area contributed by atoms with E-state index in [1.54, 1.807) is 7.11 Å². The first kappa shape index (κ1) is 14.8. The highest BCUT2D eigenvalue weighted by atomic mass is 16.5. The zero-order chi connectivity index (χ0) is 13.4. The topological polar surface area (TPSA) is 30.5 Å². The van der Waals surface area contributed by atoms with Gasteiger partial charge in [-0.2, -0.15) is 0 Å². The van der Waals surface area contributed by atoms with Crippen LogP contribution in [0, 0.1) is 5.41 Å². The SMILES string of the molecule is CCNCC(C)(C)CCOc1ccc(OC)cc1. The molecule has 0 unspecified atom stereocenters. The molecule has 1 rings (SSSR count). The van der Waals surface area contributed by atoms with Crippen LogP contribution in [0.4, 0.5) is 0 Å². The standard InChI is InChI=1S/C15H25NO2/c1-5-16-12-15(2,3)10-11-18-14-8-6-13(17-4)7-9-14/h6-9,16H,5,10-12H2,1-4H3. The third-order valence-corrected chi connectivity index (χ3v) is 2.96. The van der Waals surface area contributed by atoms with E-state index in [0.717, 1.165) is 37.6 Å². The van der Waals surface area contributed by atoms with Gasteiger partial charge in [-0.1, -0.05) is 20.8 Å². The fraction of sp³-hybridized carbons (Fsp3) is 0.600. The molecule has 0 aliphatic heterocycles. The predicted molar refractivity (Wildman–Crippen MR) is 75.4 cm³/mol. The zero-order valence-corrected chi connectivity index (χ0v) is 12.0. The van der Waals surface area contributed by atoms with Crippen LogP contribution in [0.15, 0.2) is 24.3 Å². The molecule has 0 spiro atoms. The van der Waals surface area contributed by atoms with Crippen LogP contribution >= 0.6 is 0 Å². The van der Waals surface area contributed by atoms with Crippen molar-refractivity contribution in [3.8, 4) is 11.5 Å². The van der Waals surface area contributed by atoms with Crippen LogP contribution in [0.2, 0.25) is 0 Å². The third-order valence-electron chi connectivity index (χ3n) is 2.96. The molecule has 0 atom stereocenters. The maximum atomic E-state index is 5.74. The smallest absolute Gasteiger partial charge is 0.119 e. The Balaban J connectivity index is 2.31. The summed E-state index contributed by atoms with van der Waals surface area (Å²) in [4.78, 5) is 0. The fourth-order valence-electron chi connectivity index (χ4n) is 1.67. The zero-order valence-electron chi connectivity index (χ0n) is 12.0. The molecule has 0 fully saturated rings. The molecular formula is C15H25NO2. The van der Waals surface area contributed by atoms with E-state index in [-0.39, 0.29) is 5.41 Å². The summed E-state index contributed by atoms with van der Waals surface area (Å²) in [6.45, 7) is 9.42. The molecule has 0 saturated carbocycles. The van der Waals surface area contributed by atoms with Gasteiger partial charge in [-0.25, -0.2) is 0 Å². The van der Waals surface area contributed by atoms with Crippen LogP contribution in [-0.2, 0) is 0 Å². The van der Waals surface area contributed by atoms with Crippen LogP contribution in [-0.4, -0.2) is 26.8 Å². The number of nitrogens with one attached hydrogen (secondary N) is 1. The minimum absolute atomic E-state index is 0.266. The van der Waals surface area contributed by atoms with Gasteiger partial charge in [0.15, 0.2) is 0 Å². The molecule has 1 aromatic rings. The van der Waals surface area contributed by atoms with Crippen LogP contribution in [0.3, 0.4) is 0 Å². The quantitative estimate of drug-likeness (QED) is 0.770. The van der Waals surface area contributed by atoms with E-state index in [1.807, 2.05) is 24.3 Å². The summed E-state index contributed by atoms with van der Waals surface area (Å²) in [6.07, 6.45) is 1.03. The highest BCUT2D eigenvalue weighted by molar-refractivity contribution is 5.31. The molecule has 18 heavy (non-hydrogen) atoms. The second kappa shape index (κ2) is 7.27. The number of methoxy groups -OCH3 is 1. The van der Waals surface area contributed by atoms with Gasteiger partial charge in [0.25, 0.3) is 0 Å². The number of hydrogen-bond donors (Lipinski definition) is 1. The summed E-state index contributed by atoms with van der Waals surface area (Å²) in [5, 5.41) is 3.38. The molecule has 3 nitrogen and oxygen atoms in total. The molecule has 0 saturated heterocycles. The molecule has 1 aromatic carbocycles. The Morgan fingerprint density at radius 3 is 2.28 bits per heavy atom. The highest BCUT2D eigenvalue weighted by Crippen LogP contribution is 2.21. The van der Waals surface area contributed by atoms with E-state index in [2.05, 4.69) is 26.1 Å². The van der Waals surface area contributed by atoms with Crippen molar-refractivity contribution in [2.45, 2.75) is 27.2 Å². The maximum Gasteiger partial charge on any atom is 0.119 e. The fourth-order valence-corrected chi connectivity index (χ4v) is 1.67. The van der Waals surface area contributed by atoms with Gasteiger partial charge in [-0.05, 0) is 42.6 Å². The van der Waals surface area contributed by atoms with Gasteiger partial charge in [-0.3, -0.25) is 0 Å². The number of ether oxygens (including phenoxy) is 2. The van der Waals surface area contributed by atoms with E-state index in [0.29, 0.717) is 0 Å². The van der Waals surface area contributed by atoms with Crippen LogP contribution in [0.25, 0.3) is 0 Å². The molecule has 0 aromatic heterocycles. The van der Waals surface area contributed by atoms with E-state index < -0.39 is 0 Å². The number of benzene rings is 1. The van der Waals surface area contributed by atoms with Crippen LogP contribution in [0.1, 0.15) is 27.2 Å². The van der Waals surface area contributed by atoms with Gasteiger partial charge in [-0.15, -0.1) is 0 Å². The van der Waals surface area contributed by atoms with Gasteiger partial charge < -0.3 is 14.8 Å². The Bertz CT molecular complexity index is 333. The first-order chi connectivity index (χ1) is 8.57. The summed E-state index contributed by atoms with van der Waals surface area (Å²) in [5.74, 6) is 1.75. The third kappa shape index (κ3) is 5.41. The normalized spacial score (nSPS) is 11.3. The van der Waals surface area contributed by atoms with Crippen molar-refractivity contribution >= 4 is 0 Å². The summed E-state index contributed by atoms with van der Waals surface area (Å²) in [5.41, 5.74) is 0.266. The summed E-state index contributed by atoms with van der Waals surface area (Å²) >= 11 is 0. The molecule has 0 aliphatic rings. The Labute approximate surface area is 110 Å². The Morgan fingerprint density at radius 1 is 1.11 bits per heavy atom. The summed E-state index contributed by atoms with van der Waals surface area (Å²) in [6, 6.07) is 7.71. The average molecular weight is 251 g/mol. The van der Waals surface area contributed by atoms with Crippen molar-refractivity contribution in [3.63, 3.8) is 0 Å². The lowest BCUT2D eigenvalue weighted by atomic mass is 9.90. The van der Waals surface area contributed by atoms with Gasteiger partial charge in [0.2, 0.25) is 0 Å². The van der Waals surface area contributed by atoms with Crippen molar-refractivity contribution in [1.82, 2.24) is 5.32 Å². The monoisotopic (exact) mass is 251 g/mol. The Kier molecular flexibility index (Phi) is 5.99. The molecule has 102 valence electrons. The molecule has 3 heteroatoms. The van der Waals surface area contributed by atoms with Crippen molar-refractivity contribution in [2.75, 3.05) is 26.8 Å². The van der Waals surface area contributed by atoms with Crippen molar-refractivity contribution in [3.05, 3.63) is 24.3 Å². The van der Waals surface area contributed by atoms with Gasteiger partial charge in [0, 0.05) is 6.54 Å². The lowest BCUT2D eigenvalue weighted by Gasteiger charge is -2.24. The average Bonchev–Trinajstić information content (AvgIpc) is 2.37. The minimum Gasteiger partial charge on any atom is -0.497 e. The molecule has 0 bridgehead atoms. The minimum atomic E-state index is 0.266. The van der Waals surface area contributed by atoms with Crippen molar-refractivity contribution in [1.29, 1.82) is 0 Å². The molecule has 0 heterocycles. The van der Waals surface area contributed by atoms with Gasteiger partial charge in [0.05, 0.1) is 13.7 Å². The Hall–Kier alpha value is -1.22. The highest BCUT2D eigenvalue weighted by Gasteiger charge is 2.16. The van der Waals surface area contributed by atoms with E-state index in [9.17, 15) is 0 Å². The van der Waals surface area contributed by atoms with Crippen LogP contribution in [0.5, 0.6) is 11.5 Å². The second-order valence-corrected chi connectivity index (χ2v) is 5.22. The van der Waals surface area contributed by atoms with E-state index >= 15 is 0 Å². The number of hydrogen-bond acceptors (Lipinski definition) is 3. The van der Waals surface area contributed by atoms with Crippen molar-refractivity contribution in [2.24, 2.45) is 5.41 Å². The first-order valence-corrected chi connectivity index (χ1v) is 6.55. The van der Waals surface area contributed by atoms with Crippen molar-refractivity contribution < 1.29 is 9.47 Å². The maximum absolute atomic E-state index is 5.74. The molecule has 0 aliphatic carbocycles. The summed E-state index contributed by atoms with van der Waals surface area (Å²) < 4.78 is 10.8. The molecular weight excluding hydrogens is 226 g/mol. The molecule has 1 N–H and O–H groups in total. The molecule has 0 radical (unpaired) electrons. The largest absolute Gasteiger partial charge is 0.497 e. The predicted octanol–water partition coefficient (Wildman–Crippen LogP) is 3.10. The lowest BCUT2D eigenvalue weighted by molar-refractivity contribution is 0.223. The molecule has 0 amide bonds. The van der Waals surface area contributed by atoms with Crippen LogP contribution < -0.4 is 14.8 Å². The number of rotatable bonds is 8. The van der Waals surface area contributed by atoms with E-state index in [4.69, 9.17) is 9.47 Å². The summed E-state index contributed by atoms with van der Waals surface area (Å²) in [7, 11) is 1.67. The van der Waals surface area contributed by atoms with Gasteiger partial charge >= 0.3 is 0 Å². The second-order valence-electron chi connectivity index (χ2n) is 5.22. The first-order valence-electron chi connectivity index (χ1n) is 6.55. The lowest BCUT2D eigenvalue weighted by Crippen LogP contribution is -2.30.